The number of anilines is 1. The van der Waals surface area contributed by atoms with Gasteiger partial charge in [-0.2, -0.15) is 0 Å². The molecular formula is C21H22N2O4S. The lowest BCUT2D eigenvalue weighted by Gasteiger charge is -2.10. The molecule has 6 nitrogen and oxygen atoms in total. The average molecular weight is 398 g/mol. The Morgan fingerprint density at radius 2 is 1.75 bits per heavy atom. The number of sulfonamides is 1. The molecule has 0 spiro atoms. The van der Waals surface area contributed by atoms with Crippen molar-refractivity contribution in [1.29, 1.82) is 0 Å². The van der Waals surface area contributed by atoms with E-state index in [-0.39, 0.29) is 10.8 Å². The van der Waals surface area contributed by atoms with E-state index >= 15 is 0 Å². The molecule has 1 heterocycles. The molecule has 2 N–H and O–H groups in total. The molecule has 2 aromatic carbocycles. The zero-order chi connectivity index (χ0) is 20.1. The Balaban J connectivity index is 1.61. The molecule has 1 aromatic heterocycles. The van der Waals surface area contributed by atoms with Gasteiger partial charge in [0.1, 0.15) is 5.76 Å². The highest BCUT2D eigenvalue weighted by Gasteiger charge is 2.15. The number of amides is 1. The summed E-state index contributed by atoms with van der Waals surface area (Å²) in [6.07, 6.45) is 2.20. The van der Waals surface area contributed by atoms with E-state index in [2.05, 4.69) is 10.0 Å². The van der Waals surface area contributed by atoms with E-state index in [9.17, 15) is 13.2 Å². The summed E-state index contributed by atoms with van der Waals surface area (Å²) in [4.78, 5) is 12.4. The monoisotopic (exact) mass is 398 g/mol. The van der Waals surface area contributed by atoms with E-state index < -0.39 is 10.0 Å². The highest BCUT2D eigenvalue weighted by Crippen LogP contribution is 2.19. The van der Waals surface area contributed by atoms with Gasteiger partial charge in [-0.15, -0.1) is 0 Å². The largest absolute Gasteiger partial charge is 0.469 e. The van der Waals surface area contributed by atoms with Crippen molar-refractivity contribution in [1.82, 2.24) is 5.32 Å². The van der Waals surface area contributed by atoms with Gasteiger partial charge < -0.3 is 9.73 Å². The first kappa shape index (κ1) is 19.7. The third-order valence-corrected chi connectivity index (χ3v) is 5.80. The molecule has 3 rings (SSSR count). The minimum atomic E-state index is -3.69. The van der Waals surface area contributed by atoms with Crippen molar-refractivity contribution in [2.45, 2.75) is 25.2 Å². The summed E-state index contributed by atoms with van der Waals surface area (Å²) >= 11 is 0. The maximum atomic E-state index is 12.5. The number of furan rings is 1. The second-order valence-electron chi connectivity index (χ2n) is 6.51. The average Bonchev–Trinajstić information content (AvgIpc) is 3.17. The van der Waals surface area contributed by atoms with Crippen molar-refractivity contribution >= 4 is 21.6 Å². The van der Waals surface area contributed by atoms with E-state index in [1.807, 2.05) is 19.9 Å². The highest BCUT2D eigenvalue weighted by atomic mass is 32.2. The van der Waals surface area contributed by atoms with E-state index in [1.165, 1.54) is 0 Å². The quantitative estimate of drug-likeness (QED) is 0.636. The third kappa shape index (κ3) is 4.80. The summed E-state index contributed by atoms with van der Waals surface area (Å²) < 4.78 is 32.8. The molecule has 0 aliphatic rings. The van der Waals surface area contributed by atoms with Crippen LogP contribution in [0.4, 0.5) is 5.69 Å². The van der Waals surface area contributed by atoms with Crippen LogP contribution in [0.15, 0.2) is 70.2 Å². The molecule has 0 atom stereocenters. The van der Waals surface area contributed by atoms with Gasteiger partial charge in [-0.1, -0.05) is 6.07 Å². The van der Waals surface area contributed by atoms with Crippen molar-refractivity contribution in [2.75, 3.05) is 11.3 Å². The first-order valence-electron chi connectivity index (χ1n) is 8.86. The second-order valence-corrected chi connectivity index (χ2v) is 8.20. The number of nitrogens with one attached hydrogen (secondary N) is 2. The van der Waals surface area contributed by atoms with Crippen LogP contribution >= 0.6 is 0 Å². The SMILES string of the molecule is Cc1ccc(S(=O)(=O)Nc2ccc(C(=O)NCCc3ccco3)cc2)cc1C. The predicted molar refractivity (Wildman–Crippen MR) is 108 cm³/mol. The van der Waals surface area contributed by atoms with Crippen LogP contribution in [-0.4, -0.2) is 20.9 Å². The van der Waals surface area contributed by atoms with Crippen molar-refractivity contribution in [3.8, 4) is 0 Å². The summed E-state index contributed by atoms with van der Waals surface area (Å²) in [5, 5.41) is 2.80. The zero-order valence-electron chi connectivity index (χ0n) is 15.7. The van der Waals surface area contributed by atoms with Crippen LogP contribution in [0.3, 0.4) is 0 Å². The van der Waals surface area contributed by atoms with E-state index in [0.717, 1.165) is 16.9 Å². The molecule has 3 aromatic rings. The lowest BCUT2D eigenvalue weighted by molar-refractivity contribution is 0.0953. The van der Waals surface area contributed by atoms with Gasteiger partial charge in [0.25, 0.3) is 15.9 Å². The summed E-state index contributed by atoms with van der Waals surface area (Å²) in [6.45, 7) is 4.25. The second kappa shape index (κ2) is 8.31. The van der Waals surface area contributed by atoms with Gasteiger partial charge >= 0.3 is 0 Å². The van der Waals surface area contributed by atoms with Gasteiger partial charge in [0.05, 0.1) is 11.2 Å². The fourth-order valence-electron chi connectivity index (χ4n) is 2.64. The Bertz CT molecular complexity index is 1060. The van der Waals surface area contributed by atoms with Gasteiger partial charge in [-0.05, 0) is 73.5 Å². The Kier molecular flexibility index (Phi) is 5.84. The minimum absolute atomic E-state index is 0.204. The fraction of sp³-hybridized carbons (Fsp3) is 0.190. The Labute approximate surface area is 164 Å². The Morgan fingerprint density at radius 1 is 1.00 bits per heavy atom. The summed E-state index contributed by atoms with van der Waals surface area (Å²) in [7, 11) is -3.69. The number of benzene rings is 2. The smallest absolute Gasteiger partial charge is 0.261 e. The number of rotatable bonds is 7. The summed E-state index contributed by atoms with van der Waals surface area (Å²) in [6, 6.07) is 14.9. The Morgan fingerprint density at radius 3 is 2.39 bits per heavy atom. The molecule has 146 valence electrons. The standard InChI is InChI=1S/C21H22N2O4S/c1-15-5-10-20(14-16(15)2)28(25,26)23-18-8-6-17(7-9-18)21(24)22-12-11-19-4-3-13-27-19/h3-10,13-14,23H,11-12H2,1-2H3,(H,22,24). The molecule has 0 aliphatic carbocycles. The number of carbonyl (C=O) groups is 1. The van der Waals surface area contributed by atoms with E-state index in [0.29, 0.717) is 24.2 Å². The molecule has 1 amide bonds. The molecule has 0 bridgehead atoms. The number of aryl methyl sites for hydroxylation is 2. The highest BCUT2D eigenvalue weighted by molar-refractivity contribution is 7.92. The molecule has 0 saturated heterocycles. The van der Waals surface area contributed by atoms with Crippen molar-refractivity contribution in [2.24, 2.45) is 0 Å². The van der Waals surface area contributed by atoms with Crippen LogP contribution < -0.4 is 10.0 Å². The third-order valence-electron chi connectivity index (χ3n) is 4.43. The van der Waals surface area contributed by atoms with Crippen LogP contribution in [0.5, 0.6) is 0 Å². The van der Waals surface area contributed by atoms with Gasteiger partial charge in [0.2, 0.25) is 0 Å². The molecule has 0 saturated carbocycles. The maximum absolute atomic E-state index is 12.5. The fourth-order valence-corrected chi connectivity index (χ4v) is 3.78. The van der Waals surface area contributed by atoms with Crippen molar-refractivity contribution in [3.63, 3.8) is 0 Å². The molecule has 7 heteroatoms. The first-order chi connectivity index (χ1) is 13.3. The number of hydrogen-bond donors (Lipinski definition) is 2. The molecule has 0 aliphatic heterocycles. The van der Waals surface area contributed by atoms with Gasteiger partial charge in [-0.25, -0.2) is 8.42 Å². The van der Waals surface area contributed by atoms with E-state index in [4.69, 9.17) is 4.42 Å². The number of hydrogen-bond acceptors (Lipinski definition) is 4. The first-order valence-corrected chi connectivity index (χ1v) is 10.3. The van der Waals surface area contributed by atoms with Crippen LogP contribution in [-0.2, 0) is 16.4 Å². The van der Waals surface area contributed by atoms with E-state index in [1.54, 1.807) is 54.8 Å². The maximum Gasteiger partial charge on any atom is 0.261 e. The van der Waals surface area contributed by atoms with Crippen LogP contribution in [0.1, 0.15) is 27.2 Å². The van der Waals surface area contributed by atoms with Gasteiger partial charge in [0, 0.05) is 24.2 Å². The summed E-state index contributed by atoms with van der Waals surface area (Å²) in [5.41, 5.74) is 2.78. The van der Waals surface area contributed by atoms with Crippen LogP contribution in [0, 0.1) is 13.8 Å². The predicted octanol–water partition coefficient (Wildman–Crippen LogP) is 3.67. The van der Waals surface area contributed by atoms with Gasteiger partial charge in [0.15, 0.2) is 0 Å². The molecule has 0 radical (unpaired) electrons. The van der Waals surface area contributed by atoms with Crippen molar-refractivity contribution in [3.05, 3.63) is 83.3 Å². The van der Waals surface area contributed by atoms with Crippen LogP contribution in [0.2, 0.25) is 0 Å². The molecule has 28 heavy (non-hydrogen) atoms. The van der Waals surface area contributed by atoms with Crippen LogP contribution in [0.25, 0.3) is 0 Å². The zero-order valence-corrected chi connectivity index (χ0v) is 16.5. The molecule has 0 unspecified atom stereocenters. The lowest BCUT2D eigenvalue weighted by Crippen LogP contribution is -2.25. The van der Waals surface area contributed by atoms with Gasteiger partial charge in [-0.3, -0.25) is 9.52 Å². The molecular weight excluding hydrogens is 376 g/mol. The number of carbonyl (C=O) groups excluding carboxylic acids is 1. The topological polar surface area (TPSA) is 88.4 Å². The summed E-state index contributed by atoms with van der Waals surface area (Å²) in [5.74, 6) is 0.575. The minimum Gasteiger partial charge on any atom is -0.469 e. The Hall–Kier alpha value is -3.06. The lowest BCUT2D eigenvalue weighted by atomic mass is 10.1. The normalized spacial score (nSPS) is 11.2. The van der Waals surface area contributed by atoms with Crippen molar-refractivity contribution < 1.29 is 17.6 Å². The molecule has 0 fully saturated rings.